The molecule has 0 aliphatic rings. The molecule has 0 unspecified atom stereocenters. The second kappa shape index (κ2) is 8.83. The summed E-state index contributed by atoms with van der Waals surface area (Å²) in [5.74, 6) is 3.63. The first kappa shape index (κ1) is 21.6. The number of fused-ring (bicyclic) bond motifs is 1. The van der Waals surface area contributed by atoms with E-state index in [-0.39, 0.29) is 0 Å². The molecule has 1 aromatic heterocycles. The zero-order chi connectivity index (χ0) is 22.8. The molecule has 0 aliphatic heterocycles. The maximum Gasteiger partial charge on any atom is 0.161 e. The van der Waals surface area contributed by atoms with Gasteiger partial charge in [-0.3, -0.25) is 0 Å². The molecule has 0 spiro atoms. The van der Waals surface area contributed by atoms with E-state index < -0.39 is 0 Å². The van der Waals surface area contributed by atoms with Crippen LogP contribution in [0.4, 0.5) is 0 Å². The molecule has 0 bridgehead atoms. The van der Waals surface area contributed by atoms with E-state index in [9.17, 15) is 0 Å². The van der Waals surface area contributed by atoms with Crippen LogP contribution in [0.5, 0.6) is 23.0 Å². The SMILES string of the molecule is COc1ccc(Cn2c(-c3ccc(OC)c(OC)c3)nc3cc(C)c(C)cc32)cc1OC. The number of hydrogen-bond donors (Lipinski definition) is 0. The van der Waals surface area contributed by atoms with E-state index >= 15 is 0 Å². The van der Waals surface area contributed by atoms with Crippen LogP contribution in [-0.2, 0) is 6.54 Å². The summed E-state index contributed by atoms with van der Waals surface area (Å²) in [6.45, 7) is 4.86. The van der Waals surface area contributed by atoms with Gasteiger partial charge in [0.25, 0.3) is 0 Å². The lowest BCUT2D eigenvalue weighted by Crippen LogP contribution is -2.04. The second-order valence-corrected chi connectivity index (χ2v) is 7.71. The quantitative estimate of drug-likeness (QED) is 0.391. The molecule has 3 aromatic carbocycles. The lowest BCUT2D eigenvalue weighted by Gasteiger charge is -2.14. The van der Waals surface area contributed by atoms with Crippen molar-refractivity contribution in [2.75, 3.05) is 28.4 Å². The van der Waals surface area contributed by atoms with Gasteiger partial charge in [0.05, 0.1) is 39.5 Å². The molecule has 6 nitrogen and oxygen atoms in total. The molecule has 0 N–H and O–H groups in total. The highest BCUT2D eigenvalue weighted by molar-refractivity contribution is 5.83. The van der Waals surface area contributed by atoms with Crippen molar-refractivity contribution < 1.29 is 18.9 Å². The minimum absolute atomic E-state index is 0.628. The largest absolute Gasteiger partial charge is 0.493 e. The van der Waals surface area contributed by atoms with Gasteiger partial charge in [-0.1, -0.05) is 6.07 Å². The third-order valence-electron chi connectivity index (χ3n) is 5.79. The molecule has 32 heavy (non-hydrogen) atoms. The van der Waals surface area contributed by atoms with Gasteiger partial charge in [-0.2, -0.15) is 0 Å². The standard InChI is InChI=1S/C26H28N2O4/c1-16-11-20-21(12-17(16)2)28(15-18-7-9-22(29-3)24(13-18)31-5)26(27-20)19-8-10-23(30-4)25(14-19)32-6/h7-14H,15H2,1-6H3. The predicted molar refractivity (Wildman–Crippen MR) is 126 cm³/mol. The van der Waals surface area contributed by atoms with Crippen LogP contribution < -0.4 is 18.9 Å². The Labute approximate surface area is 188 Å². The number of methoxy groups -OCH3 is 4. The van der Waals surface area contributed by atoms with Gasteiger partial charge >= 0.3 is 0 Å². The molecule has 0 fully saturated rings. The van der Waals surface area contributed by atoms with Crippen molar-refractivity contribution in [1.29, 1.82) is 0 Å². The molecule has 0 amide bonds. The van der Waals surface area contributed by atoms with Gasteiger partial charge in [-0.05, 0) is 73.0 Å². The average Bonchev–Trinajstić information content (AvgIpc) is 3.15. The maximum atomic E-state index is 5.53. The summed E-state index contributed by atoms with van der Waals surface area (Å²) in [6.07, 6.45) is 0. The fourth-order valence-corrected chi connectivity index (χ4v) is 3.90. The molecule has 0 saturated heterocycles. The Kier molecular flexibility index (Phi) is 5.95. The van der Waals surface area contributed by atoms with E-state index in [1.165, 1.54) is 11.1 Å². The van der Waals surface area contributed by atoms with Crippen LogP contribution in [0.2, 0.25) is 0 Å². The van der Waals surface area contributed by atoms with Crippen molar-refractivity contribution in [2.24, 2.45) is 0 Å². The summed E-state index contributed by atoms with van der Waals surface area (Å²) in [5.41, 5.74) is 6.51. The molecule has 0 radical (unpaired) electrons. The molecule has 0 aliphatic carbocycles. The molecular formula is C26H28N2O4. The van der Waals surface area contributed by atoms with Gasteiger partial charge < -0.3 is 23.5 Å². The Morgan fingerprint density at radius 3 is 1.94 bits per heavy atom. The summed E-state index contributed by atoms with van der Waals surface area (Å²) in [5, 5.41) is 0. The fourth-order valence-electron chi connectivity index (χ4n) is 3.90. The van der Waals surface area contributed by atoms with E-state index in [1.807, 2.05) is 36.4 Å². The first-order valence-corrected chi connectivity index (χ1v) is 10.4. The normalized spacial score (nSPS) is 10.9. The molecule has 6 heteroatoms. The summed E-state index contributed by atoms with van der Waals surface area (Å²) in [4.78, 5) is 5.00. The number of hydrogen-bond acceptors (Lipinski definition) is 5. The smallest absolute Gasteiger partial charge is 0.161 e. The van der Waals surface area contributed by atoms with E-state index in [0.717, 1.165) is 28.0 Å². The van der Waals surface area contributed by atoms with Crippen LogP contribution in [0, 0.1) is 13.8 Å². The monoisotopic (exact) mass is 432 g/mol. The van der Waals surface area contributed by atoms with Crippen LogP contribution in [-0.4, -0.2) is 38.0 Å². The summed E-state index contributed by atoms with van der Waals surface area (Å²) < 4.78 is 24.1. The predicted octanol–water partition coefficient (Wildman–Crippen LogP) is 5.40. The van der Waals surface area contributed by atoms with Gasteiger partial charge in [-0.15, -0.1) is 0 Å². The number of rotatable bonds is 7. The van der Waals surface area contributed by atoms with Crippen molar-refractivity contribution in [3.8, 4) is 34.4 Å². The van der Waals surface area contributed by atoms with Crippen molar-refractivity contribution in [3.63, 3.8) is 0 Å². The lowest BCUT2D eigenvalue weighted by atomic mass is 10.1. The number of benzene rings is 3. The number of aromatic nitrogens is 2. The van der Waals surface area contributed by atoms with Crippen LogP contribution in [0.25, 0.3) is 22.4 Å². The summed E-state index contributed by atoms with van der Waals surface area (Å²) >= 11 is 0. The third-order valence-corrected chi connectivity index (χ3v) is 5.79. The van der Waals surface area contributed by atoms with Gasteiger partial charge in [0.2, 0.25) is 0 Å². The number of ether oxygens (including phenoxy) is 4. The Hall–Kier alpha value is -3.67. The number of imidazole rings is 1. The van der Waals surface area contributed by atoms with Crippen molar-refractivity contribution >= 4 is 11.0 Å². The third kappa shape index (κ3) is 3.84. The molecule has 0 saturated carbocycles. The second-order valence-electron chi connectivity index (χ2n) is 7.71. The van der Waals surface area contributed by atoms with Gasteiger partial charge in [0, 0.05) is 12.1 Å². The Balaban J connectivity index is 1.90. The molecule has 4 rings (SSSR count). The highest BCUT2D eigenvalue weighted by atomic mass is 16.5. The van der Waals surface area contributed by atoms with Crippen LogP contribution in [0.1, 0.15) is 16.7 Å². The van der Waals surface area contributed by atoms with E-state index in [0.29, 0.717) is 29.5 Å². The molecular weight excluding hydrogens is 404 g/mol. The van der Waals surface area contributed by atoms with Crippen LogP contribution in [0.3, 0.4) is 0 Å². The lowest BCUT2D eigenvalue weighted by molar-refractivity contribution is 0.354. The zero-order valence-corrected chi connectivity index (χ0v) is 19.4. The molecule has 0 atom stereocenters. The van der Waals surface area contributed by atoms with Gasteiger partial charge in [-0.25, -0.2) is 4.98 Å². The highest BCUT2D eigenvalue weighted by Crippen LogP contribution is 2.35. The average molecular weight is 433 g/mol. The maximum absolute atomic E-state index is 5.53. The first-order valence-electron chi connectivity index (χ1n) is 10.4. The molecule has 1 heterocycles. The first-order chi connectivity index (χ1) is 15.5. The van der Waals surface area contributed by atoms with Crippen LogP contribution in [0.15, 0.2) is 48.5 Å². The van der Waals surface area contributed by atoms with E-state index in [4.69, 9.17) is 23.9 Å². The van der Waals surface area contributed by atoms with Gasteiger partial charge in [0.1, 0.15) is 5.82 Å². The van der Waals surface area contributed by atoms with Gasteiger partial charge in [0.15, 0.2) is 23.0 Å². The summed E-state index contributed by atoms with van der Waals surface area (Å²) in [6, 6.07) is 16.2. The Bertz CT molecular complexity index is 1280. The zero-order valence-electron chi connectivity index (χ0n) is 19.4. The minimum atomic E-state index is 0.628. The number of nitrogens with zero attached hydrogens (tertiary/aromatic N) is 2. The van der Waals surface area contributed by atoms with Crippen molar-refractivity contribution in [1.82, 2.24) is 9.55 Å². The highest BCUT2D eigenvalue weighted by Gasteiger charge is 2.17. The topological polar surface area (TPSA) is 54.7 Å². The van der Waals surface area contributed by atoms with Crippen molar-refractivity contribution in [2.45, 2.75) is 20.4 Å². The van der Waals surface area contributed by atoms with Crippen molar-refractivity contribution in [3.05, 3.63) is 65.2 Å². The fraction of sp³-hybridized carbons (Fsp3) is 0.269. The Morgan fingerprint density at radius 2 is 1.28 bits per heavy atom. The number of aryl methyl sites for hydroxylation is 2. The minimum Gasteiger partial charge on any atom is -0.493 e. The van der Waals surface area contributed by atoms with E-state index in [2.05, 4.69) is 30.5 Å². The van der Waals surface area contributed by atoms with E-state index in [1.54, 1.807) is 28.4 Å². The van der Waals surface area contributed by atoms with Crippen LogP contribution >= 0.6 is 0 Å². The molecule has 166 valence electrons. The Morgan fingerprint density at radius 1 is 0.688 bits per heavy atom. The summed E-state index contributed by atoms with van der Waals surface area (Å²) in [7, 11) is 6.56. The molecule has 4 aromatic rings.